The van der Waals surface area contributed by atoms with E-state index in [1.807, 2.05) is 0 Å². The van der Waals surface area contributed by atoms with Crippen molar-refractivity contribution in [2.24, 2.45) is 7.05 Å². The van der Waals surface area contributed by atoms with E-state index in [4.69, 9.17) is 5.11 Å². The molecule has 10 heteroatoms. The number of halogens is 3. The third kappa shape index (κ3) is 6.63. The lowest BCUT2D eigenvalue weighted by molar-refractivity contribution is -0.148. The van der Waals surface area contributed by atoms with E-state index in [0.29, 0.717) is 12.1 Å². The molecule has 1 aromatic rings. The average molecular weight is 308 g/mol. The van der Waals surface area contributed by atoms with E-state index in [1.54, 1.807) is 24.0 Å². The molecular formula is C11H15F3N4O3. The molecule has 0 aromatic carbocycles. The highest BCUT2D eigenvalue weighted by Crippen LogP contribution is 2.16. The second kappa shape index (κ2) is 6.95. The number of carbonyl (C=O) groups is 2. The number of carboxylic acid groups (broad SMARTS) is 1. The molecular weight excluding hydrogens is 293 g/mol. The number of alkyl halides is 3. The van der Waals surface area contributed by atoms with Crippen LogP contribution < -0.4 is 5.32 Å². The van der Waals surface area contributed by atoms with Gasteiger partial charge < -0.3 is 15.3 Å². The predicted molar refractivity (Wildman–Crippen MR) is 65.6 cm³/mol. The lowest BCUT2D eigenvalue weighted by atomic mass is 10.3. The van der Waals surface area contributed by atoms with E-state index in [0.717, 1.165) is 0 Å². The fourth-order valence-corrected chi connectivity index (χ4v) is 1.59. The molecule has 1 heterocycles. The molecule has 2 N–H and O–H groups in total. The van der Waals surface area contributed by atoms with Crippen LogP contribution >= 0.6 is 0 Å². The Labute approximate surface area is 118 Å². The molecule has 1 rings (SSSR count). The van der Waals surface area contributed by atoms with Gasteiger partial charge in [0.05, 0.1) is 5.69 Å². The minimum absolute atomic E-state index is 0.0593. The number of aliphatic carboxylic acids is 1. The highest BCUT2D eigenvalue weighted by Gasteiger charge is 2.33. The molecule has 0 radical (unpaired) electrons. The Bertz CT molecular complexity index is 501. The summed E-state index contributed by atoms with van der Waals surface area (Å²) in [5.74, 6) is -1.51. The van der Waals surface area contributed by atoms with Crippen molar-refractivity contribution in [1.29, 1.82) is 0 Å². The van der Waals surface area contributed by atoms with Crippen LogP contribution in [0.2, 0.25) is 0 Å². The van der Waals surface area contributed by atoms with Crippen LogP contribution in [0.4, 0.5) is 18.0 Å². The number of amides is 2. The summed E-state index contributed by atoms with van der Waals surface area (Å²) in [5, 5.41) is 14.8. The van der Waals surface area contributed by atoms with E-state index in [-0.39, 0.29) is 11.4 Å². The Morgan fingerprint density at radius 1 is 1.48 bits per heavy atom. The van der Waals surface area contributed by atoms with Crippen LogP contribution in [0.1, 0.15) is 5.69 Å². The zero-order valence-electron chi connectivity index (χ0n) is 11.2. The van der Waals surface area contributed by atoms with Gasteiger partial charge >= 0.3 is 18.2 Å². The molecule has 0 saturated heterocycles. The molecule has 0 aliphatic rings. The first kappa shape index (κ1) is 16.8. The van der Waals surface area contributed by atoms with Gasteiger partial charge in [-0.05, 0) is 6.07 Å². The van der Waals surface area contributed by atoms with Crippen molar-refractivity contribution >= 4 is 12.0 Å². The minimum Gasteiger partial charge on any atom is -0.480 e. The summed E-state index contributed by atoms with van der Waals surface area (Å²) in [5.41, 5.74) is 0.665. The van der Waals surface area contributed by atoms with Crippen LogP contribution in [0.15, 0.2) is 12.3 Å². The molecule has 0 aliphatic heterocycles. The largest absolute Gasteiger partial charge is 0.480 e. The molecule has 0 unspecified atom stereocenters. The summed E-state index contributed by atoms with van der Waals surface area (Å²) in [6.07, 6.45) is -2.63. The van der Waals surface area contributed by atoms with Crippen LogP contribution in [-0.2, 0) is 18.3 Å². The van der Waals surface area contributed by atoms with Crippen LogP contribution in [-0.4, -0.2) is 57.6 Å². The number of nitrogens with zero attached hydrogens (tertiary/aromatic N) is 3. The van der Waals surface area contributed by atoms with Crippen molar-refractivity contribution in [3.05, 3.63) is 18.0 Å². The number of urea groups is 1. The average Bonchev–Trinajstić information content (AvgIpc) is 2.71. The molecule has 2 amide bonds. The third-order valence-corrected chi connectivity index (χ3v) is 2.41. The zero-order chi connectivity index (χ0) is 16.0. The molecule has 0 saturated carbocycles. The number of hydrogen-bond acceptors (Lipinski definition) is 3. The zero-order valence-corrected chi connectivity index (χ0v) is 11.2. The molecule has 0 fully saturated rings. The van der Waals surface area contributed by atoms with Gasteiger partial charge in [-0.15, -0.1) is 0 Å². The van der Waals surface area contributed by atoms with E-state index < -0.39 is 31.3 Å². The van der Waals surface area contributed by atoms with Gasteiger partial charge in [-0.25, -0.2) is 4.79 Å². The fourth-order valence-electron chi connectivity index (χ4n) is 1.59. The van der Waals surface area contributed by atoms with Gasteiger partial charge in [-0.2, -0.15) is 18.3 Å². The van der Waals surface area contributed by atoms with Gasteiger partial charge in [0.25, 0.3) is 0 Å². The maximum absolute atomic E-state index is 12.3. The highest BCUT2D eigenvalue weighted by molar-refractivity contribution is 5.80. The standard InChI is InChI=1S/C11H15F3N4O3/c1-17-5-3-8(16-17)2-4-15-10(21)18(6-9(19)20)7-11(12,13)14/h3,5H,2,4,6-7H2,1H3,(H,15,21)(H,19,20). The number of carboxylic acids is 1. The van der Waals surface area contributed by atoms with Crippen LogP contribution in [0.25, 0.3) is 0 Å². The van der Waals surface area contributed by atoms with E-state index in [9.17, 15) is 22.8 Å². The molecule has 1 aromatic heterocycles. The van der Waals surface area contributed by atoms with Crippen molar-refractivity contribution in [3.8, 4) is 0 Å². The first-order valence-corrected chi connectivity index (χ1v) is 5.97. The highest BCUT2D eigenvalue weighted by atomic mass is 19.4. The number of nitrogens with one attached hydrogen (secondary N) is 1. The van der Waals surface area contributed by atoms with E-state index >= 15 is 0 Å². The van der Waals surface area contributed by atoms with Crippen molar-refractivity contribution < 1.29 is 27.9 Å². The number of hydrogen-bond donors (Lipinski definition) is 2. The smallest absolute Gasteiger partial charge is 0.406 e. The van der Waals surface area contributed by atoms with E-state index in [1.165, 1.54) is 0 Å². The molecule has 21 heavy (non-hydrogen) atoms. The third-order valence-electron chi connectivity index (χ3n) is 2.41. The van der Waals surface area contributed by atoms with Gasteiger partial charge in [-0.1, -0.05) is 0 Å². The van der Waals surface area contributed by atoms with Gasteiger partial charge in [0.15, 0.2) is 0 Å². The molecule has 0 aliphatic carbocycles. The Balaban J connectivity index is 2.49. The van der Waals surface area contributed by atoms with Crippen molar-refractivity contribution in [2.75, 3.05) is 19.6 Å². The maximum Gasteiger partial charge on any atom is 0.406 e. The SMILES string of the molecule is Cn1ccc(CCNC(=O)N(CC(=O)O)CC(F)(F)F)n1. The van der Waals surface area contributed by atoms with Crippen LogP contribution in [0.3, 0.4) is 0 Å². The van der Waals surface area contributed by atoms with E-state index in [2.05, 4.69) is 10.4 Å². The normalized spacial score (nSPS) is 11.2. The van der Waals surface area contributed by atoms with Crippen LogP contribution in [0, 0.1) is 0 Å². The van der Waals surface area contributed by atoms with Gasteiger partial charge in [0.1, 0.15) is 13.1 Å². The molecule has 0 spiro atoms. The van der Waals surface area contributed by atoms with Gasteiger partial charge in [-0.3, -0.25) is 9.48 Å². The van der Waals surface area contributed by atoms with Gasteiger partial charge in [0, 0.05) is 26.2 Å². The molecule has 118 valence electrons. The summed E-state index contributed by atoms with van der Waals surface area (Å²) in [4.78, 5) is 22.3. The monoisotopic (exact) mass is 308 g/mol. The number of carbonyl (C=O) groups excluding carboxylic acids is 1. The first-order chi connectivity index (χ1) is 9.67. The maximum atomic E-state index is 12.3. The number of aromatic nitrogens is 2. The fraction of sp³-hybridized carbons (Fsp3) is 0.545. The van der Waals surface area contributed by atoms with Gasteiger partial charge in [0.2, 0.25) is 0 Å². The second-order valence-electron chi connectivity index (χ2n) is 4.33. The summed E-state index contributed by atoms with van der Waals surface area (Å²) in [7, 11) is 1.71. The topological polar surface area (TPSA) is 87.5 Å². The lowest BCUT2D eigenvalue weighted by Crippen LogP contribution is -2.47. The summed E-state index contributed by atoms with van der Waals surface area (Å²) in [6.45, 7) is -2.58. The summed E-state index contributed by atoms with van der Waals surface area (Å²) >= 11 is 0. The Kier molecular flexibility index (Phi) is 5.56. The summed E-state index contributed by atoms with van der Waals surface area (Å²) in [6, 6.07) is 0.627. The second-order valence-corrected chi connectivity index (χ2v) is 4.33. The Morgan fingerprint density at radius 3 is 2.62 bits per heavy atom. The molecule has 0 atom stereocenters. The molecule has 7 nitrogen and oxygen atoms in total. The molecule has 0 bridgehead atoms. The van der Waals surface area contributed by atoms with Crippen molar-refractivity contribution in [2.45, 2.75) is 12.6 Å². The number of rotatable bonds is 6. The Hall–Kier alpha value is -2.26. The van der Waals surface area contributed by atoms with Crippen molar-refractivity contribution in [3.63, 3.8) is 0 Å². The van der Waals surface area contributed by atoms with Crippen LogP contribution in [0.5, 0.6) is 0 Å². The lowest BCUT2D eigenvalue weighted by Gasteiger charge is -2.22. The van der Waals surface area contributed by atoms with Crippen molar-refractivity contribution in [1.82, 2.24) is 20.0 Å². The Morgan fingerprint density at radius 2 is 2.14 bits per heavy atom. The minimum atomic E-state index is -4.66. The quantitative estimate of drug-likeness (QED) is 0.806. The predicted octanol–water partition coefficient (Wildman–Crippen LogP) is 0.621. The first-order valence-electron chi connectivity index (χ1n) is 5.97. The number of aryl methyl sites for hydroxylation is 1. The summed E-state index contributed by atoms with van der Waals surface area (Å²) < 4.78 is 38.4.